The van der Waals surface area contributed by atoms with Crippen LogP contribution < -0.4 is 14.4 Å². The lowest BCUT2D eigenvalue weighted by Crippen LogP contribution is -2.38. The monoisotopic (exact) mass is 432 g/mol. The number of methoxy groups -OCH3 is 2. The van der Waals surface area contributed by atoms with Crippen LogP contribution in [0.1, 0.15) is 39.1 Å². The molecule has 0 atom stereocenters. The van der Waals surface area contributed by atoms with Crippen LogP contribution in [0.15, 0.2) is 36.4 Å². The summed E-state index contributed by atoms with van der Waals surface area (Å²) in [6, 6.07) is 9.48. The van der Waals surface area contributed by atoms with Gasteiger partial charge in [0.05, 0.1) is 36.9 Å². The number of amides is 1. The van der Waals surface area contributed by atoms with Gasteiger partial charge in [0.1, 0.15) is 5.75 Å². The molecule has 1 fully saturated rings. The highest BCUT2D eigenvalue weighted by molar-refractivity contribution is 7.92. The molecule has 0 aromatic heterocycles. The average Bonchev–Trinajstić information content (AvgIpc) is 2.73. The van der Waals surface area contributed by atoms with E-state index in [1.165, 1.54) is 30.7 Å². The van der Waals surface area contributed by atoms with Gasteiger partial charge in [-0.1, -0.05) is 6.07 Å². The number of esters is 1. The molecule has 1 amide bonds. The molecule has 3 rings (SSSR count). The van der Waals surface area contributed by atoms with Crippen molar-refractivity contribution in [2.75, 3.05) is 36.1 Å². The second-order valence-electron chi connectivity index (χ2n) is 6.96. The highest BCUT2D eigenvalue weighted by atomic mass is 32.2. The number of carbonyl (C=O) groups excluding carboxylic acids is 2. The summed E-state index contributed by atoms with van der Waals surface area (Å²) in [7, 11) is -0.675. The van der Waals surface area contributed by atoms with Crippen molar-refractivity contribution in [1.29, 1.82) is 0 Å². The van der Waals surface area contributed by atoms with Gasteiger partial charge in [-0.15, -0.1) is 0 Å². The van der Waals surface area contributed by atoms with Crippen molar-refractivity contribution in [2.45, 2.75) is 19.8 Å². The zero-order chi connectivity index (χ0) is 21.9. The van der Waals surface area contributed by atoms with Gasteiger partial charge in [0.15, 0.2) is 0 Å². The smallest absolute Gasteiger partial charge is 0.337 e. The maximum atomic E-state index is 12.9. The highest BCUT2D eigenvalue weighted by Gasteiger charge is 2.27. The number of benzene rings is 2. The van der Waals surface area contributed by atoms with Gasteiger partial charge in [-0.3, -0.25) is 9.10 Å². The van der Waals surface area contributed by atoms with Crippen LogP contribution in [-0.4, -0.2) is 46.8 Å². The van der Waals surface area contributed by atoms with Crippen LogP contribution in [0.4, 0.5) is 11.4 Å². The number of hydrogen-bond donors (Lipinski definition) is 1. The molecule has 1 N–H and O–H groups in total. The second-order valence-corrected chi connectivity index (χ2v) is 8.97. The number of nitrogens with zero attached hydrogens (tertiary/aromatic N) is 1. The quantitative estimate of drug-likeness (QED) is 0.729. The summed E-state index contributed by atoms with van der Waals surface area (Å²) >= 11 is 0. The first kappa shape index (κ1) is 21.6. The second kappa shape index (κ2) is 8.74. The van der Waals surface area contributed by atoms with Crippen LogP contribution in [-0.2, 0) is 14.8 Å². The normalized spacial score (nSPS) is 15.4. The molecule has 160 valence electrons. The van der Waals surface area contributed by atoms with Crippen molar-refractivity contribution in [3.8, 4) is 5.75 Å². The van der Waals surface area contributed by atoms with Crippen molar-refractivity contribution in [1.82, 2.24) is 0 Å². The first-order valence-electron chi connectivity index (χ1n) is 9.45. The van der Waals surface area contributed by atoms with Crippen LogP contribution in [0.2, 0.25) is 0 Å². The lowest BCUT2D eigenvalue weighted by Gasteiger charge is -2.29. The maximum absolute atomic E-state index is 12.9. The maximum Gasteiger partial charge on any atom is 0.337 e. The van der Waals surface area contributed by atoms with Crippen LogP contribution in [0, 0.1) is 6.92 Å². The van der Waals surface area contributed by atoms with E-state index in [0.717, 1.165) is 12.0 Å². The third-order valence-electron chi connectivity index (χ3n) is 4.96. The number of rotatable bonds is 5. The lowest BCUT2D eigenvalue weighted by atomic mass is 10.1. The van der Waals surface area contributed by atoms with E-state index < -0.39 is 21.9 Å². The minimum Gasteiger partial charge on any atom is -0.495 e. The topological polar surface area (TPSA) is 102 Å². The zero-order valence-corrected chi connectivity index (χ0v) is 17.9. The largest absolute Gasteiger partial charge is 0.495 e. The van der Waals surface area contributed by atoms with E-state index >= 15 is 0 Å². The Morgan fingerprint density at radius 2 is 1.77 bits per heavy atom. The Kier molecular flexibility index (Phi) is 6.31. The number of nitrogens with one attached hydrogen (secondary N) is 1. The number of sulfonamides is 1. The van der Waals surface area contributed by atoms with E-state index in [1.807, 2.05) is 6.92 Å². The Bertz CT molecular complexity index is 1080. The molecule has 2 aromatic rings. The van der Waals surface area contributed by atoms with Crippen LogP contribution in [0.5, 0.6) is 5.75 Å². The molecule has 1 saturated heterocycles. The molecule has 1 heterocycles. The van der Waals surface area contributed by atoms with Gasteiger partial charge >= 0.3 is 5.97 Å². The van der Waals surface area contributed by atoms with Crippen LogP contribution in [0.3, 0.4) is 0 Å². The van der Waals surface area contributed by atoms with Crippen LogP contribution in [0.25, 0.3) is 0 Å². The molecule has 0 saturated carbocycles. The van der Waals surface area contributed by atoms with Gasteiger partial charge in [-0.25, -0.2) is 13.2 Å². The van der Waals surface area contributed by atoms with Crippen molar-refractivity contribution in [2.24, 2.45) is 0 Å². The summed E-state index contributed by atoms with van der Waals surface area (Å²) in [4.78, 5) is 24.7. The Balaban J connectivity index is 1.92. The molecule has 0 aliphatic carbocycles. The predicted octanol–water partition coefficient (Wildman–Crippen LogP) is 2.97. The molecule has 1 aliphatic rings. The van der Waals surface area contributed by atoms with Gasteiger partial charge < -0.3 is 14.8 Å². The van der Waals surface area contributed by atoms with Gasteiger partial charge in [-0.05, 0) is 55.7 Å². The van der Waals surface area contributed by atoms with Crippen molar-refractivity contribution in [3.63, 3.8) is 0 Å². The number of carbonyl (C=O) groups is 2. The molecular weight excluding hydrogens is 408 g/mol. The van der Waals surface area contributed by atoms with E-state index in [4.69, 9.17) is 9.47 Å². The van der Waals surface area contributed by atoms with E-state index in [1.54, 1.807) is 24.3 Å². The molecule has 0 spiro atoms. The van der Waals surface area contributed by atoms with Crippen LogP contribution >= 0.6 is 0 Å². The summed E-state index contributed by atoms with van der Waals surface area (Å²) in [5, 5.41) is 2.73. The van der Waals surface area contributed by atoms with Gasteiger partial charge in [0.25, 0.3) is 5.91 Å². The Labute approximate surface area is 175 Å². The fourth-order valence-electron chi connectivity index (χ4n) is 3.32. The summed E-state index contributed by atoms with van der Waals surface area (Å²) < 4.78 is 36.3. The predicted molar refractivity (Wildman–Crippen MR) is 114 cm³/mol. The zero-order valence-electron chi connectivity index (χ0n) is 17.1. The van der Waals surface area contributed by atoms with E-state index in [-0.39, 0.29) is 11.3 Å². The van der Waals surface area contributed by atoms with Crippen molar-refractivity contribution >= 4 is 33.3 Å². The molecule has 8 nitrogen and oxygen atoms in total. The number of hydrogen-bond acceptors (Lipinski definition) is 6. The summed E-state index contributed by atoms with van der Waals surface area (Å²) in [5.74, 6) is -0.519. The molecule has 0 bridgehead atoms. The summed E-state index contributed by atoms with van der Waals surface area (Å²) in [6.45, 7) is 2.20. The number of ether oxygens (including phenoxy) is 2. The fraction of sp³-hybridized carbons (Fsp3) is 0.333. The molecule has 0 unspecified atom stereocenters. The summed E-state index contributed by atoms with van der Waals surface area (Å²) in [6.07, 6.45) is 1.40. The minimum atomic E-state index is -3.40. The Morgan fingerprint density at radius 3 is 2.43 bits per heavy atom. The number of aryl methyl sites for hydroxylation is 1. The first-order chi connectivity index (χ1) is 14.3. The summed E-state index contributed by atoms with van der Waals surface area (Å²) in [5.41, 5.74) is 2.12. The standard InChI is InChI=1S/C21H24N2O6S/c1-14-6-7-15(13-18(14)23-10-4-5-11-30(23,26)27)20(24)22-17-12-16(21(25)29-3)8-9-19(17)28-2/h6-9,12-13H,4-5,10-11H2,1-3H3,(H,22,24). The number of anilines is 2. The van der Waals surface area contributed by atoms with E-state index in [2.05, 4.69) is 5.32 Å². The third kappa shape index (κ3) is 4.40. The Morgan fingerprint density at radius 1 is 1.03 bits per heavy atom. The van der Waals surface area contributed by atoms with Gasteiger partial charge in [0, 0.05) is 12.1 Å². The third-order valence-corrected chi connectivity index (χ3v) is 6.81. The van der Waals surface area contributed by atoms with E-state index in [9.17, 15) is 18.0 Å². The van der Waals surface area contributed by atoms with Gasteiger partial charge in [0.2, 0.25) is 10.0 Å². The van der Waals surface area contributed by atoms with Gasteiger partial charge in [-0.2, -0.15) is 0 Å². The Hall–Kier alpha value is -3.07. The molecular formula is C21H24N2O6S. The van der Waals surface area contributed by atoms with Crippen molar-refractivity contribution in [3.05, 3.63) is 53.1 Å². The molecule has 0 radical (unpaired) electrons. The average molecular weight is 432 g/mol. The molecule has 9 heteroatoms. The SMILES string of the molecule is COC(=O)c1ccc(OC)c(NC(=O)c2ccc(C)c(N3CCCCS3(=O)=O)c2)c1. The molecule has 2 aromatic carbocycles. The fourth-order valence-corrected chi connectivity index (χ4v) is 5.02. The minimum absolute atomic E-state index is 0.0976. The van der Waals surface area contributed by atoms with Crippen molar-refractivity contribution < 1.29 is 27.5 Å². The van der Waals surface area contributed by atoms with E-state index in [0.29, 0.717) is 35.7 Å². The first-order valence-corrected chi connectivity index (χ1v) is 11.1. The molecule has 30 heavy (non-hydrogen) atoms. The highest BCUT2D eigenvalue weighted by Crippen LogP contribution is 2.30. The molecule has 1 aliphatic heterocycles. The lowest BCUT2D eigenvalue weighted by molar-refractivity contribution is 0.0600.